The van der Waals surface area contributed by atoms with Gasteiger partial charge in [0.1, 0.15) is 5.82 Å². The summed E-state index contributed by atoms with van der Waals surface area (Å²) in [6.45, 7) is 1.85. The van der Waals surface area contributed by atoms with Gasteiger partial charge < -0.3 is 4.98 Å². The van der Waals surface area contributed by atoms with Gasteiger partial charge in [-0.1, -0.05) is 30.3 Å². The van der Waals surface area contributed by atoms with Crippen molar-refractivity contribution < 1.29 is 13.2 Å². The molecule has 0 unspecified atom stereocenters. The van der Waals surface area contributed by atoms with E-state index in [1.165, 1.54) is 12.1 Å². The average Bonchev–Trinajstić information content (AvgIpc) is 2.79. The number of halogens is 3. The van der Waals surface area contributed by atoms with Crippen molar-refractivity contribution in [2.45, 2.75) is 25.7 Å². The van der Waals surface area contributed by atoms with Crippen LogP contribution in [0.2, 0.25) is 0 Å². The van der Waals surface area contributed by atoms with E-state index in [1.54, 1.807) is 0 Å². The highest BCUT2D eigenvalue weighted by Crippen LogP contribution is 2.30. The van der Waals surface area contributed by atoms with Crippen LogP contribution in [0.25, 0.3) is 22.3 Å². The van der Waals surface area contributed by atoms with Crippen molar-refractivity contribution in [2.75, 3.05) is 6.54 Å². The summed E-state index contributed by atoms with van der Waals surface area (Å²) in [7, 11) is 0. The molecule has 32 heavy (non-hydrogen) atoms. The molecule has 2 aromatic carbocycles. The van der Waals surface area contributed by atoms with Crippen LogP contribution in [0.1, 0.15) is 22.4 Å². The van der Waals surface area contributed by atoms with Crippen molar-refractivity contribution in [2.24, 2.45) is 0 Å². The number of rotatable bonds is 3. The number of para-hydroxylation sites is 1. The number of nitrogens with zero attached hydrogens (tertiary/aromatic N) is 3. The molecule has 5 rings (SSSR count). The Labute approximate surface area is 181 Å². The first-order chi connectivity index (χ1) is 15.4. The molecule has 3 heterocycles. The van der Waals surface area contributed by atoms with E-state index in [0.717, 1.165) is 35.1 Å². The molecule has 0 saturated heterocycles. The third-order valence-corrected chi connectivity index (χ3v) is 5.69. The largest absolute Gasteiger partial charge is 0.416 e. The number of nitrogens with one attached hydrogen (secondary N) is 1. The van der Waals surface area contributed by atoms with E-state index in [2.05, 4.69) is 25.9 Å². The van der Waals surface area contributed by atoms with Gasteiger partial charge in [0.05, 0.1) is 22.3 Å². The summed E-state index contributed by atoms with van der Waals surface area (Å²) in [6.07, 6.45) is -1.96. The second kappa shape index (κ2) is 7.87. The molecule has 0 radical (unpaired) electrons. The van der Waals surface area contributed by atoms with Gasteiger partial charge in [0.15, 0.2) is 0 Å². The predicted octanol–water partition coefficient (Wildman–Crippen LogP) is 4.56. The highest BCUT2D eigenvalue weighted by atomic mass is 19.4. The maximum absolute atomic E-state index is 12.8. The minimum atomic E-state index is -4.40. The number of aromatic nitrogens is 3. The monoisotopic (exact) mass is 436 g/mol. The smallest absolute Gasteiger partial charge is 0.306 e. The van der Waals surface area contributed by atoms with E-state index in [1.807, 2.05) is 30.5 Å². The van der Waals surface area contributed by atoms with Gasteiger partial charge in [-0.25, -0.2) is 4.98 Å². The molecule has 0 atom stereocenters. The van der Waals surface area contributed by atoms with Gasteiger partial charge in [0, 0.05) is 43.2 Å². The first-order valence-electron chi connectivity index (χ1n) is 10.2. The van der Waals surface area contributed by atoms with Crippen LogP contribution >= 0.6 is 0 Å². The molecule has 0 bridgehead atoms. The number of hydrogen-bond acceptors (Lipinski definition) is 4. The van der Waals surface area contributed by atoms with E-state index < -0.39 is 11.7 Å². The topological polar surface area (TPSA) is 61.9 Å². The zero-order valence-corrected chi connectivity index (χ0v) is 17.0. The Morgan fingerprint density at radius 1 is 1.06 bits per heavy atom. The summed E-state index contributed by atoms with van der Waals surface area (Å²) < 4.78 is 38.4. The molecule has 5 nitrogen and oxygen atoms in total. The number of fused-ring (bicyclic) bond motifs is 2. The van der Waals surface area contributed by atoms with E-state index >= 15 is 0 Å². The lowest BCUT2D eigenvalue weighted by Gasteiger charge is -2.27. The molecular formula is C24H19F3N4O. The third-order valence-electron chi connectivity index (χ3n) is 5.69. The quantitative estimate of drug-likeness (QED) is 0.511. The van der Waals surface area contributed by atoms with Crippen molar-refractivity contribution in [3.8, 4) is 11.4 Å². The molecule has 8 heteroatoms. The fraction of sp³-hybridized carbons (Fsp3) is 0.208. The lowest BCUT2D eigenvalue weighted by atomic mass is 10.0. The lowest BCUT2D eigenvalue weighted by molar-refractivity contribution is -0.137. The molecule has 4 aromatic rings. The van der Waals surface area contributed by atoms with Crippen molar-refractivity contribution in [3.63, 3.8) is 0 Å². The summed E-state index contributed by atoms with van der Waals surface area (Å²) in [5, 5.41) is 1.07. The van der Waals surface area contributed by atoms with Gasteiger partial charge in [-0.3, -0.25) is 14.7 Å². The van der Waals surface area contributed by atoms with Crippen LogP contribution < -0.4 is 5.56 Å². The van der Waals surface area contributed by atoms with Crippen molar-refractivity contribution in [1.82, 2.24) is 19.9 Å². The van der Waals surface area contributed by atoms with Gasteiger partial charge in [-0.05, 0) is 29.8 Å². The summed E-state index contributed by atoms with van der Waals surface area (Å²) in [5.74, 6) is 0.287. The molecule has 1 aliphatic heterocycles. The number of H-pyrrole nitrogens is 1. The zero-order valence-electron chi connectivity index (χ0n) is 17.0. The third kappa shape index (κ3) is 4.01. The number of pyridine rings is 1. The van der Waals surface area contributed by atoms with Gasteiger partial charge in [-0.2, -0.15) is 13.2 Å². The summed E-state index contributed by atoms with van der Waals surface area (Å²) >= 11 is 0. The van der Waals surface area contributed by atoms with Crippen molar-refractivity contribution in [3.05, 3.63) is 93.5 Å². The van der Waals surface area contributed by atoms with Gasteiger partial charge in [0.2, 0.25) is 0 Å². The van der Waals surface area contributed by atoms with Crippen LogP contribution in [-0.2, 0) is 25.7 Å². The molecule has 1 N–H and O–H groups in total. The van der Waals surface area contributed by atoms with E-state index in [-0.39, 0.29) is 11.4 Å². The summed E-state index contributed by atoms with van der Waals surface area (Å²) in [4.78, 5) is 26.7. The van der Waals surface area contributed by atoms with E-state index in [0.29, 0.717) is 36.3 Å². The summed E-state index contributed by atoms with van der Waals surface area (Å²) in [5.41, 5.74) is 2.75. The minimum absolute atomic E-state index is 0.258. The Bertz CT molecular complexity index is 1350. The Kier molecular flexibility index (Phi) is 5.01. The highest BCUT2D eigenvalue weighted by Gasteiger charge is 2.30. The van der Waals surface area contributed by atoms with Crippen LogP contribution in [0.3, 0.4) is 0 Å². The Hall–Kier alpha value is -3.52. The molecule has 0 saturated carbocycles. The van der Waals surface area contributed by atoms with E-state index in [9.17, 15) is 18.0 Å². The number of alkyl halides is 3. The maximum Gasteiger partial charge on any atom is 0.416 e. The first-order valence-corrected chi connectivity index (χ1v) is 10.2. The predicted molar refractivity (Wildman–Crippen MR) is 115 cm³/mol. The van der Waals surface area contributed by atoms with Crippen LogP contribution in [0.5, 0.6) is 0 Å². The SMILES string of the molecule is O=c1[nH]c(-c2ccc(C(F)(F)F)cc2)nc2c1CN(Cc1cnc3ccccc3c1)CC2. The van der Waals surface area contributed by atoms with Gasteiger partial charge in [-0.15, -0.1) is 0 Å². The summed E-state index contributed by atoms with van der Waals surface area (Å²) in [6, 6.07) is 14.7. The van der Waals surface area contributed by atoms with Crippen molar-refractivity contribution in [1.29, 1.82) is 0 Å². The maximum atomic E-state index is 12.8. The molecule has 0 amide bonds. The van der Waals surface area contributed by atoms with Gasteiger partial charge >= 0.3 is 6.18 Å². The van der Waals surface area contributed by atoms with E-state index in [4.69, 9.17) is 0 Å². The number of aromatic amines is 1. The second-order valence-electron chi connectivity index (χ2n) is 7.91. The standard InChI is InChI=1S/C24H19F3N4O/c25-24(26,27)18-7-5-16(6-8-18)22-29-21-9-10-31(14-19(21)23(32)30-22)13-15-11-17-3-1-2-4-20(17)28-12-15/h1-8,11-12H,9-10,13-14H2,(H,29,30,32). The van der Waals surface area contributed by atoms with Crippen molar-refractivity contribution >= 4 is 10.9 Å². The first kappa shape index (κ1) is 20.4. The Morgan fingerprint density at radius 3 is 2.62 bits per heavy atom. The second-order valence-corrected chi connectivity index (χ2v) is 7.91. The van der Waals surface area contributed by atoms with Gasteiger partial charge in [0.25, 0.3) is 5.56 Å². The lowest BCUT2D eigenvalue weighted by Crippen LogP contribution is -2.35. The molecule has 0 spiro atoms. The van der Waals surface area contributed by atoms with Crippen LogP contribution in [-0.4, -0.2) is 26.4 Å². The molecule has 0 aliphatic carbocycles. The van der Waals surface area contributed by atoms with Crippen LogP contribution in [0.15, 0.2) is 65.6 Å². The van der Waals surface area contributed by atoms with Crippen LogP contribution in [0.4, 0.5) is 13.2 Å². The molecular weight excluding hydrogens is 417 g/mol. The normalized spacial score (nSPS) is 14.5. The fourth-order valence-corrected chi connectivity index (χ4v) is 4.03. The molecule has 2 aromatic heterocycles. The number of hydrogen-bond donors (Lipinski definition) is 1. The Balaban J connectivity index is 1.36. The highest BCUT2D eigenvalue weighted by molar-refractivity contribution is 5.78. The number of benzene rings is 2. The fourth-order valence-electron chi connectivity index (χ4n) is 4.03. The zero-order chi connectivity index (χ0) is 22.3. The molecule has 0 fully saturated rings. The Morgan fingerprint density at radius 2 is 1.84 bits per heavy atom. The molecule has 162 valence electrons. The van der Waals surface area contributed by atoms with Crippen LogP contribution in [0, 0.1) is 0 Å². The average molecular weight is 436 g/mol. The minimum Gasteiger partial charge on any atom is -0.306 e. The molecule has 1 aliphatic rings.